The quantitative estimate of drug-likeness (QED) is 0.840. The minimum atomic E-state index is -3.52. The van der Waals surface area contributed by atoms with Gasteiger partial charge in [-0.2, -0.15) is 0 Å². The molecule has 0 spiro atoms. The van der Waals surface area contributed by atoms with Crippen LogP contribution in [0.5, 0.6) is 0 Å². The Kier molecular flexibility index (Phi) is 5.71. The van der Waals surface area contributed by atoms with Crippen LogP contribution in [-0.4, -0.2) is 18.9 Å². The maximum absolute atomic E-state index is 11.2. The van der Waals surface area contributed by atoms with Crippen molar-refractivity contribution in [3.63, 3.8) is 0 Å². The molecule has 0 aromatic carbocycles. The lowest BCUT2D eigenvalue weighted by molar-refractivity contribution is 0.425. The molecule has 0 radical (unpaired) electrons. The molecular formula is C13H25N3O2S2. The highest BCUT2D eigenvalue weighted by atomic mass is 32.2. The predicted octanol–water partition coefficient (Wildman–Crippen LogP) is 2.02. The van der Waals surface area contributed by atoms with Crippen LogP contribution in [-0.2, 0) is 28.7 Å². The van der Waals surface area contributed by atoms with Gasteiger partial charge in [-0.25, -0.2) is 18.5 Å². The number of nitrogens with one attached hydrogen (secondary N) is 1. The van der Waals surface area contributed by atoms with E-state index in [1.54, 1.807) is 0 Å². The van der Waals surface area contributed by atoms with Gasteiger partial charge in [0.1, 0.15) is 10.8 Å². The van der Waals surface area contributed by atoms with E-state index in [-0.39, 0.29) is 11.3 Å². The number of sulfonamides is 1. The van der Waals surface area contributed by atoms with Crippen molar-refractivity contribution >= 4 is 21.4 Å². The van der Waals surface area contributed by atoms with E-state index in [1.807, 2.05) is 0 Å². The van der Waals surface area contributed by atoms with Gasteiger partial charge in [-0.1, -0.05) is 13.8 Å². The summed E-state index contributed by atoms with van der Waals surface area (Å²) >= 11 is 1.44. The van der Waals surface area contributed by atoms with Crippen molar-refractivity contribution in [3.8, 4) is 0 Å². The molecule has 116 valence electrons. The van der Waals surface area contributed by atoms with Crippen molar-refractivity contribution in [2.45, 2.75) is 58.9 Å². The maximum Gasteiger partial charge on any atom is 0.215 e. The smallest absolute Gasteiger partial charge is 0.215 e. The monoisotopic (exact) mass is 319 g/mol. The summed E-state index contributed by atoms with van der Waals surface area (Å²) in [7, 11) is -3.52. The molecule has 0 aliphatic carbocycles. The Morgan fingerprint density at radius 3 is 2.40 bits per heavy atom. The van der Waals surface area contributed by atoms with E-state index in [0.717, 1.165) is 17.0 Å². The second-order valence-electron chi connectivity index (χ2n) is 6.49. The third-order valence-electron chi connectivity index (χ3n) is 2.53. The van der Waals surface area contributed by atoms with Crippen LogP contribution in [0, 0.1) is 5.92 Å². The number of hydrogen-bond donors (Lipinski definition) is 2. The minimum absolute atomic E-state index is 0.0131. The van der Waals surface area contributed by atoms with E-state index in [9.17, 15) is 8.42 Å². The Labute approximate surface area is 126 Å². The minimum Gasteiger partial charge on any atom is -0.307 e. The number of hydrogen-bond acceptors (Lipinski definition) is 5. The van der Waals surface area contributed by atoms with Crippen LogP contribution in [0.25, 0.3) is 0 Å². The summed E-state index contributed by atoms with van der Waals surface area (Å²) in [6, 6.07) is 0. The molecule has 0 fully saturated rings. The zero-order chi connectivity index (χ0) is 15.6. The summed E-state index contributed by atoms with van der Waals surface area (Å²) in [5, 5.41) is 9.09. The summed E-state index contributed by atoms with van der Waals surface area (Å²) in [6.45, 7) is 11.2. The highest BCUT2D eigenvalue weighted by Crippen LogP contribution is 2.23. The third kappa shape index (κ3) is 6.78. The number of primary sulfonamides is 1. The number of nitrogens with two attached hydrogens (primary N) is 1. The van der Waals surface area contributed by atoms with Gasteiger partial charge in [0.25, 0.3) is 0 Å². The fourth-order valence-corrected chi connectivity index (χ4v) is 3.67. The maximum atomic E-state index is 11.2. The lowest BCUT2D eigenvalue weighted by atomic mass is 10.1. The molecule has 0 aliphatic heterocycles. The van der Waals surface area contributed by atoms with Gasteiger partial charge in [0.05, 0.1) is 5.69 Å². The van der Waals surface area contributed by atoms with E-state index in [0.29, 0.717) is 17.5 Å². The molecule has 0 saturated heterocycles. The normalized spacial score (nSPS) is 13.2. The zero-order valence-corrected chi connectivity index (χ0v) is 14.5. The van der Waals surface area contributed by atoms with E-state index in [4.69, 9.17) is 5.14 Å². The Hall–Kier alpha value is -0.500. The van der Waals surface area contributed by atoms with Gasteiger partial charge in [-0.3, -0.25) is 0 Å². The average Bonchev–Trinajstić information content (AvgIpc) is 2.52. The molecule has 5 nitrogen and oxygen atoms in total. The SMILES string of the molecule is CC(C)Cc1nc(CS(N)(=O)=O)sc1CNC(C)(C)C. The van der Waals surface area contributed by atoms with E-state index >= 15 is 0 Å². The molecule has 0 amide bonds. The van der Waals surface area contributed by atoms with E-state index < -0.39 is 10.0 Å². The highest BCUT2D eigenvalue weighted by molar-refractivity contribution is 7.88. The van der Waals surface area contributed by atoms with Crippen LogP contribution >= 0.6 is 11.3 Å². The first-order valence-corrected chi connectivity index (χ1v) is 9.22. The molecule has 0 atom stereocenters. The molecule has 7 heteroatoms. The van der Waals surface area contributed by atoms with Gasteiger partial charge in [0.15, 0.2) is 0 Å². The summed E-state index contributed by atoms with van der Waals surface area (Å²) in [4.78, 5) is 5.56. The van der Waals surface area contributed by atoms with Gasteiger partial charge >= 0.3 is 0 Å². The van der Waals surface area contributed by atoms with Crippen molar-refractivity contribution in [1.82, 2.24) is 10.3 Å². The van der Waals surface area contributed by atoms with Crippen LogP contribution in [0.2, 0.25) is 0 Å². The van der Waals surface area contributed by atoms with Crippen molar-refractivity contribution in [2.75, 3.05) is 0 Å². The zero-order valence-electron chi connectivity index (χ0n) is 12.9. The largest absolute Gasteiger partial charge is 0.307 e. The molecule has 0 saturated carbocycles. The van der Waals surface area contributed by atoms with Gasteiger partial charge in [-0.05, 0) is 33.1 Å². The summed E-state index contributed by atoms with van der Waals surface area (Å²) in [5.74, 6) is 0.297. The summed E-state index contributed by atoms with van der Waals surface area (Å²) in [6.07, 6.45) is 0.849. The first-order chi connectivity index (χ1) is 8.96. The summed E-state index contributed by atoms with van der Waals surface area (Å²) < 4.78 is 22.4. The Bertz CT molecular complexity index is 542. The molecule has 1 heterocycles. The molecular weight excluding hydrogens is 294 g/mol. The molecule has 0 aliphatic rings. The lowest BCUT2D eigenvalue weighted by Gasteiger charge is -2.20. The summed E-state index contributed by atoms with van der Waals surface area (Å²) in [5.41, 5.74) is 1.000. The molecule has 1 rings (SSSR count). The first kappa shape index (κ1) is 17.6. The van der Waals surface area contributed by atoms with Crippen LogP contribution in [0.4, 0.5) is 0 Å². The van der Waals surface area contributed by atoms with Gasteiger partial charge in [0.2, 0.25) is 10.0 Å². The highest BCUT2D eigenvalue weighted by Gasteiger charge is 2.17. The van der Waals surface area contributed by atoms with Gasteiger partial charge < -0.3 is 5.32 Å². The first-order valence-electron chi connectivity index (χ1n) is 6.69. The van der Waals surface area contributed by atoms with Gasteiger partial charge in [0, 0.05) is 17.0 Å². The topological polar surface area (TPSA) is 85.1 Å². The number of rotatable bonds is 6. The molecule has 3 N–H and O–H groups in total. The third-order valence-corrected chi connectivity index (χ3v) is 4.48. The van der Waals surface area contributed by atoms with Crippen LogP contribution in [0.15, 0.2) is 0 Å². The second-order valence-corrected chi connectivity index (χ2v) is 9.27. The molecule has 1 aromatic heterocycles. The van der Waals surface area contributed by atoms with Crippen molar-refractivity contribution < 1.29 is 8.42 Å². The standard InChI is InChI=1S/C13H25N3O2S2/c1-9(2)6-10-11(7-15-13(3,4)5)19-12(16-10)8-20(14,17)18/h9,15H,6-8H2,1-5H3,(H2,14,17,18). The van der Waals surface area contributed by atoms with Crippen molar-refractivity contribution in [3.05, 3.63) is 15.6 Å². The van der Waals surface area contributed by atoms with E-state index in [2.05, 4.69) is 44.9 Å². The van der Waals surface area contributed by atoms with Crippen molar-refractivity contribution in [1.29, 1.82) is 0 Å². The van der Waals surface area contributed by atoms with Crippen LogP contribution < -0.4 is 10.5 Å². The molecule has 0 unspecified atom stereocenters. The van der Waals surface area contributed by atoms with Crippen LogP contribution in [0.3, 0.4) is 0 Å². The van der Waals surface area contributed by atoms with E-state index in [1.165, 1.54) is 11.3 Å². The number of aromatic nitrogens is 1. The Morgan fingerprint density at radius 1 is 1.35 bits per heavy atom. The predicted molar refractivity (Wildman–Crippen MR) is 84.1 cm³/mol. The van der Waals surface area contributed by atoms with Gasteiger partial charge in [-0.15, -0.1) is 11.3 Å². The Balaban J connectivity index is 2.94. The molecule has 20 heavy (non-hydrogen) atoms. The molecule has 0 bridgehead atoms. The molecule has 1 aromatic rings. The fraction of sp³-hybridized carbons (Fsp3) is 0.769. The number of nitrogens with zero attached hydrogens (tertiary/aromatic N) is 1. The average molecular weight is 319 g/mol. The van der Waals surface area contributed by atoms with Crippen molar-refractivity contribution in [2.24, 2.45) is 11.1 Å². The fourth-order valence-electron chi connectivity index (χ4n) is 1.70. The number of thiazole rings is 1. The Morgan fingerprint density at radius 2 is 1.95 bits per heavy atom. The lowest BCUT2D eigenvalue weighted by Crippen LogP contribution is -2.35. The van der Waals surface area contributed by atoms with Crippen LogP contribution in [0.1, 0.15) is 50.2 Å². The second kappa shape index (κ2) is 6.51.